The highest BCUT2D eigenvalue weighted by Crippen LogP contribution is 2.34. The van der Waals surface area contributed by atoms with Crippen molar-refractivity contribution in [2.75, 3.05) is 11.2 Å². The van der Waals surface area contributed by atoms with Gasteiger partial charge >= 0.3 is 0 Å². The van der Waals surface area contributed by atoms with E-state index in [0.717, 1.165) is 11.6 Å². The molecule has 0 spiro atoms. The molecule has 1 aliphatic heterocycles. The van der Waals surface area contributed by atoms with Crippen LogP contribution in [-0.4, -0.2) is 23.0 Å². The molecule has 0 amide bonds. The summed E-state index contributed by atoms with van der Waals surface area (Å²) in [6, 6.07) is 10.9. The van der Waals surface area contributed by atoms with E-state index < -0.39 is 0 Å². The molecule has 0 bridgehead atoms. The first-order valence-electron chi connectivity index (χ1n) is 6.01. The summed E-state index contributed by atoms with van der Waals surface area (Å²) in [4.78, 5) is 7.12. The van der Waals surface area contributed by atoms with Crippen molar-refractivity contribution in [1.29, 1.82) is 0 Å². The molecule has 1 aromatic carbocycles. The Morgan fingerprint density at radius 2 is 1.94 bits per heavy atom. The summed E-state index contributed by atoms with van der Waals surface area (Å²) in [7, 11) is 0. The molecule has 17 heavy (non-hydrogen) atoms. The number of hydrogen-bond acceptors (Lipinski definition) is 3. The van der Waals surface area contributed by atoms with Gasteiger partial charge in [-0.15, -0.1) is 0 Å². The Morgan fingerprint density at radius 3 is 2.53 bits per heavy atom. The van der Waals surface area contributed by atoms with Gasteiger partial charge in [0.15, 0.2) is 5.17 Å². The van der Waals surface area contributed by atoms with Crippen molar-refractivity contribution in [3.05, 3.63) is 30.3 Å². The zero-order valence-corrected chi connectivity index (χ0v) is 11.8. The maximum Gasteiger partial charge on any atom is 0.164 e. The van der Waals surface area contributed by atoms with Crippen LogP contribution in [0.4, 0.5) is 5.69 Å². The largest absolute Gasteiger partial charge is 0.316 e. The number of aliphatic imine (C=N–C) groups is 1. The lowest BCUT2D eigenvalue weighted by molar-refractivity contribution is 0.419. The van der Waals surface area contributed by atoms with Crippen LogP contribution in [0.1, 0.15) is 27.2 Å². The first kappa shape index (κ1) is 12.5. The SMILES string of the molecule is CSC1=NC(C)CC(C)(C)N1c1ccccc1. The van der Waals surface area contributed by atoms with Crippen molar-refractivity contribution < 1.29 is 0 Å². The molecule has 3 heteroatoms. The number of thioether (sulfide) groups is 1. The van der Waals surface area contributed by atoms with E-state index in [9.17, 15) is 0 Å². The first-order valence-corrected chi connectivity index (χ1v) is 7.24. The Kier molecular flexibility index (Phi) is 3.48. The van der Waals surface area contributed by atoms with Gasteiger partial charge in [-0.05, 0) is 45.6 Å². The summed E-state index contributed by atoms with van der Waals surface area (Å²) < 4.78 is 0. The van der Waals surface area contributed by atoms with Crippen molar-refractivity contribution in [3.8, 4) is 0 Å². The normalized spacial score (nSPS) is 23.4. The summed E-state index contributed by atoms with van der Waals surface area (Å²) in [6.07, 6.45) is 3.19. The van der Waals surface area contributed by atoms with Crippen molar-refractivity contribution in [2.45, 2.75) is 38.8 Å². The van der Waals surface area contributed by atoms with Gasteiger partial charge in [0.05, 0.1) is 6.04 Å². The van der Waals surface area contributed by atoms with Crippen LogP contribution in [0.3, 0.4) is 0 Å². The summed E-state index contributed by atoms with van der Waals surface area (Å²) in [5.41, 5.74) is 1.36. The lowest BCUT2D eigenvalue weighted by Gasteiger charge is -2.44. The van der Waals surface area contributed by atoms with Crippen LogP contribution in [0.5, 0.6) is 0 Å². The summed E-state index contributed by atoms with van der Waals surface area (Å²) in [5.74, 6) is 0. The van der Waals surface area contributed by atoms with E-state index >= 15 is 0 Å². The average Bonchev–Trinajstić information content (AvgIpc) is 2.27. The van der Waals surface area contributed by atoms with Crippen LogP contribution in [0, 0.1) is 0 Å². The Hall–Kier alpha value is -0.960. The van der Waals surface area contributed by atoms with Crippen LogP contribution >= 0.6 is 11.8 Å². The number of rotatable bonds is 1. The van der Waals surface area contributed by atoms with E-state index in [1.54, 1.807) is 11.8 Å². The van der Waals surface area contributed by atoms with Gasteiger partial charge in [0.25, 0.3) is 0 Å². The maximum absolute atomic E-state index is 4.76. The smallest absolute Gasteiger partial charge is 0.164 e. The molecule has 0 saturated carbocycles. The third-order valence-electron chi connectivity index (χ3n) is 3.12. The molecule has 1 aliphatic rings. The maximum atomic E-state index is 4.76. The van der Waals surface area contributed by atoms with Crippen LogP contribution in [0.25, 0.3) is 0 Å². The van der Waals surface area contributed by atoms with E-state index in [4.69, 9.17) is 4.99 Å². The van der Waals surface area contributed by atoms with Crippen molar-refractivity contribution >= 4 is 22.6 Å². The molecule has 0 radical (unpaired) electrons. The second-order valence-corrected chi connectivity index (χ2v) is 5.93. The van der Waals surface area contributed by atoms with Gasteiger partial charge < -0.3 is 4.90 Å². The van der Waals surface area contributed by atoms with Gasteiger partial charge in [0.1, 0.15) is 0 Å². The summed E-state index contributed by atoms with van der Waals surface area (Å²) in [6.45, 7) is 6.78. The molecule has 0 aliphatic carbocycles. The molecule has 2 nitrogen and oxygen atoms in total. The molecule has 0 aromatic heterocycles. The zero-order valence-electron chi connectivity index (χ0n) is 11.0. The van der Waals surface area contributed by atoms with Crippen molar-refractivity contribution in [3.63, 3.8) is 0 Å². The fourth-order valence-electron chi connectivity index (χ4n) is 2.55. The highest BCUT2D eigenvalue weighted by Gasteiger charge is 2.35. The van der Waals surface area contributed by atoms with Gasteiger partial charge in [-0.1, -0.05) is 30.0 Å². The van der Waals surface area contributed by atoms with Gasteiger partial charge in [0.2, 0.25) is 0 Å². The van der Waals surface area contributed by atoms with E-state index in [0.29, 0.717) is 6.04 Å². The summed E-state index contributed by atoms with van der Waals surface area (Å²) >= 11 is 1.73. The topological polar surface area (TPSA) is 15.6 Å². The fraction of sp³-hybridized carbons (Fsp3) is 0.500. The number of para-hydroxylation sites is 1. The third kappa shape index (κ3) is 2.49. The molecular weight excluding hydrogens is 228 g/mol. The molecule has 0 fully saturated rings. The third-order valence-corrected chi connectivity index (χ3v) is 3.77. The number of hydrogen-bond donors (Lipinski definition) is 0. The number of benzene rings is 1. The molecule has 0 saturated heterocycles. The first-order chi connectivity index (χ1) is 8.04. The minimum atomic E-state index is 0.126. The fourth-order valence-corrected chi connectivity index (χ4v) is 3.37. The molecule has 0 N–H and O–H groups in total. The molecule has 2 rings (SSSR count). The molecule has 1 atom stereocenters. The van der Waals surface area contributed by atoms with E-state index in [1.165, 1.54) is 5.69 Å². The van der Waals surface area contributed by atoms with Crippen LogP contribution in [0.15, 0.2) is 35.3 Å². The van der Waals surface area contributed by atoms with Gasteiger partial charge in [-0.3, -0.25) is 4.99 Å². The van der Waals surface area contributed by atoms with Gasteiger partial charge in [0, 0.05) is 11.2 Å². The molecule has 1 heterocycles. The summed E-state index contributed by atoms with van der Waals surface area (Å²) in [5, 5.41) is 1.12. The Labute approximate surface area is 108 Å². The Balaban J connectivity index is 2.45. The van der Waals surface area contributed by atoms with E-state index in [2.05, 4.69) is 62.3 Å². The molecule has 92 valence electrons. The predicted octanol–water partition coefficient (Wildman–Crippen LogP) is 3.78. The minimum Gasteiger partial charge on any atom is -0.316 e. The number of nitrogens with zero attached hydrogens (tertiary/aromatic N) is 2. The monoisotopic (exact) mass is 248 g/mol. The Morgan fingerprint density at radius 1 is 1.29 bits per heavy atom. The second-order valence-electron chi connectivity index (χ2n) is 5.15. The van der Waals surface area contributed by atoms with Crippen LogP contribution in [-0.2, 0) is 0 Å². The lowest BCUT2D eigenvalue weighted by Crippen LogP contribution is -2.51. The van der Waals surface area contributed by atoms with E-state index in [-0.39, 0.29) is 5.54 Å². The Bertz CT molecular complexity index is 411. The minimum absolute atomic E-state index is 0.126. The van der Waals surface area contributed by atoms with Gasteiger partial charge in [-0.25, -0.2) is 0 Å². The second kappa shape index (κ2) is 4.73. The number of anilines is 1. The van der Waals surface area contributed by atoms with Crippen molar-refractivity contribution in [2.24, 2.45) is 4.99 Å². The molecular formula is C14H20N2S. The van der Waals surface area contributed by atoms with E-state index in [1.807, 2.05) is 0 Å². The number of amidine groups is 1. The van der Waals surface area contributed by atoms with Crippen molar-refractivity contribution in [1.82, 2.24) is 0 Å². The lowest BCUT2D eigenvalue weighted by atomic mass is 9.92. The van der Waals surface area contributed by atoms with Crippen LogP contribution in [0.2, 0.25) is 0 Å². The highest BCUT2D eigenvalue weighted by atomic mass is 32.2. The zero-order chi connectivity index (χ0) is 12.5. The quantitative estimate of drug-likeness (QED) is 0.751. The standard InChI is InChI=1S/C14H20N2S/c1-11-10-14(2,3)16(13(15-11)17-4)12-8-6-5-7-9-12/h5-9,11H,10H2,1-4H3. The molecule has 1 aromatic rings. The predicted molar refractivity (Wildman–Crippen MR) is 78.0 cm³/mol. The molecule has 1 unspecified atom stereocenters. The van der Waals surface area contributed by atoms with Crippen LogP contribution < -0.4 is 4.90 Å². The average molecular weight is 248 g/mol. The highest BCUT2D eigenvalue weighted by molar-refractivity contribution is 8.13. The van der Waals surface area contributed by atoms with Gasteiger partial charge in [-0.2, -0.15) is 0 Å².